The molecule has 0 bridgehead atoms. The molecule has 0 aliphatic heterocycles. The predicted molar refractivity (Wildman–Crippen MR) is 85.2 cm³/mol. The van der Waals surface area contributed by atoms with Gasteiger partial charge in [-0.05, 0) is 0 Å². The Morgan fingerprint density at radius 3 is 1.70 bits per heavy atom. The molecule has 2 heteroatoms. The van der Waals surface area contributed by atoms with E-state index in [9.17, 15) is 0 Å². The zero-order chi connectivity index (χ0) is 13.7. The second-order valence-electron chi connectivity index (χ2n) is 5.09. The fourth-order valence-corrected chi connectivity index (χ4v) is 3.78. The van der Waals surface area contributed by atoms with Crippen molar-refractivity contribution in [3.8, 4) is 0 Å². The van der Waals surface area contributed by atoms with Crippen LogP contribution >= 0.6 is 0 Å². The molecule has 0 N–H and O–H groups in total. The van der Waals surface area contributed by atoms with E-state index in [1.165, 1.54) is 33.9 Å². The molecule has 0 aromatic heterocycles. The first-order valence-electron chi connectivity index (χ1n) is 6.90. The van der Waals surface area contributed by atoms with Gasteiger partial charge in [-0.3, -0.25) is 0 Å². The van der Waals surface area contributed by atoms with Crippen molar-refractivity contribution in [1.82, 2.24) is 0 Å². The summed E-state index contributed by atoms with van der Waals surface area (Å²) in [5.74, 6) is 0.567. The van der Waals surface area contributed by atoms with Crippen molar-refractivity contribution >= 4 is 15.8 Å². The first kappa shape index (κ1) is 17.8. The Labute approximate surface area is 147 Å². The maximum absolute atomic E-state index is 2.36. The topological polar surface area (TPSA) is 0 Å². The van der Waals surface area contributed by atoms with Crippen molar-refractivity contribution in [2.45, 2.75) is 37.1 Å². The maximum Gasteiger partial charge on any atom is -1.00 e. The molecule has 0 aliphatic rings. The van der Waals surface area contributed by atoms with Crippen molar-refractivity contribution in [2.75, 3.05) is 0 Å². The number of aryl methyl sites for hydroxylation is 2. The molecular formula is C18H22AsI. The Balaban J connectivity index is 0.00000200. The third kappa shape index (κ3) is 4.36. The SMILES string of the molecule is C[As+]CCC(c1ccccc1C)c1ccccc1C.[I-]. The summed E-state index contributed by atoms with van der Waals surface area (Å²) in [6, 6.07) is 17.7. The molecule has 0 unspecified atom stereocenters. The number of hydrogen-bond acceptors (Lipinski definition) is 0. The van der Waals surface area contributed by atoms with Gasteiger partial charge in [0, 0.05) is 0 Å². The van der Waals surface area contributed by atoms with Crippen LogP contribution in [0.2, 0.25) is 10.9 Å². The molecule has 20 heavy (non-hydrogen) atoms. The van der Waals surface area contributed by atoms with Gasteiger partial charge in [-0.2, -0.15) is 0 Å². The van der Waals surface area contributed by atoms with Crippen LogP contribution in [0.25, 0.3) is 0 Å². The molecule has 0 saturated heterocycles. The fourth-order valence-electron chi connectivity index (χ4n) is 2.69. The summed E-state index contributed by atoms with van der Waals surface area (Å²) >= 11 is 0.501. The van der Waals surface area contributed by atoms with Crippen molar-refractivity contribution in [3.05, 3.63) is 70.8 Å². The van der Waals surface area contributed by atoms with Crippen LogP contribution in [0.15, 0.2) is 48.5 Å². The van der Waals surface area contributed by atoms with E-state index in [4.69, 9.17) is 0 Å². The van der Waals surface area contributed by atoms with Crippen molar-refractivity contribution < 1.29 is 24.0 Å². The molecule has 0 fully saturated rings. The van der Waals surface area contributed by atoms with Gasteiger partial charge < -0.3 is 24.0 Å². The minimum atomic E-state index is 0. The van der Waals surface area contributed by atoms with Gasteiger partial charge in [-0.15, -0.1) is 0 Å². The number of rotatable bonds is 5. The smallest absolute Gasteiger partial charge is 1.00 e. The van der Waals surface area contributed by atoms with E-state index < -0.39 is 0 Å². The van der Waals surface area contributed by atoms with Gasteiger partial charge in [0.2, 0.25) is 0 Å². The molecule has 2 aromatic rings. The summed E-state index contributed by atoms with van der Waals surface area (Å²) in [5.41, 5.74) is 8.22. The summed E-state index contributed by atoms with van der Waals surface area (Å²) < 4.78 is 0. The fraction of sp³-hybridized carbons (Fsp3) is 0.333. The Hall–Kier alpha value is -0.272. The van der Waals surface area contributed by atoms with E-state index >= 15 is 0 Å². The summed E-state index contributed by atoms with van der Waals surface area (Å²) in [7, 11) is 0. The molecule has 2 radical (unpaired) electrons. The molecule has 0 atom stereocenters. The van der Waals surface area contributed by atoms with Crippen molar-refractivity contribution in [3.63, 3.8) is 0 Å². The van der Waals surface area contributed by atoms with E-state index in [-0.39, 0.29) is 24.0 Å². The first-order valence-corrected chi connectivity index (χ1v) is 10.1. The third-order valence-corrected chi connectivity index (χ3v) is 5.25. The number of hydrogen-bond donors (Lipinski definition) is 0. The van der Waals surface area contributed by atoms with Crippen molar-refractivity contribution in [1.29, 1.82) is 0 Å². The normalized spacial score (nSPS) is 11.0. The van der Waals surface area contributed by atoms with Gasteiger partial charge in [-0.25, -0.2) is 0 Å². The molecule has 0 saturated carbocycles. The average Bonchev–Trinajstić information content (AvgIpc) is 2.42. The van der Waals surface area contributed by atoms with E-state index in [0.29, 0.717) is 21.7 Å². The standard InChI is InChI=1S/C18H22As.HI/c1-14-8-4-6-10-16(14)18(12-13-19-3)17-11-7-5-9-15(17)2;/h4-11,18H,12-13H2,1-3H3;1H/q+1;/p-1. The molecule has 0 spiro atoms. The minimum Gasteiger partial charge on any atom is -1.00 e. The Morgan fingerprint density at radius 1 is 0.850 bits per heavy atom. The molecule has 2 aromatic carbocycles. The maximum atomic E-state index is 2.36. The predicted octanol–water partition coefficient (Wildman–Crippen LogP) is 2.00. The summed E-state index contributed by atoms with van der Waals surface area (Å²) in [5, 5.41) is 1.38. The largest absolute Gasteiger partial charge is 1.00 e. The third-order valence-electron chi connectivity index (χ3n) is 3.77. The van der Waals surface area contributed by atoms with Crippen LogP contribution < -0.4 is 24.0 Å². The molecule has 0 heterocycles. The number of benzene rings is 2. The summed E-state index contributed by atoms with van der Waals surface area (Å²) in [4.78, 5) is 0. The van der Waals surface area contributed by atoms with Crippen LogP contribution in [0.4, 0.5) is 0 Å². The summed E-state index contributed by atoms with van der Waals surface area (Å²) in [6.07, 6.45) is 1.28. The van der Waals surface area contributed by atoms with E-state index in [2.05, 4.69) is 68.1 Å². The Morgan fingerprint density at radius 2 is 1.30 bits per heavy atom. The van der Waals surface area contributed by atoms with Gasteiger partial charge >= 0.3 is 124 Å². The molecule has 0 aliphatic carbocycles. The molecule has 2 rings (SSSR count). The quantitative estimate of drug-likeness (QED) is 0.493. The minimum absolute atomic E-state index is 0. The van der Waals surface area contributed by atoms with Gasteiger partial charge in [0.15, 0.2) is 0 Å². The summed E-state index contributed by atoms with van der Waals surface area (Å²) in [6.45, 7) is 4.47. The van der Waals surface area contributed by atoms with Gasteiger partial charge in [0.25, 0.3) is 0 Å². The monoisotopic (exact) mass is 440 g/mol. The first-order chi connectivity index (χ1) is 9.24. The van der Waals surface area contributed by atoms with Gasteiger partial charge in [0.1, 0.15) is 0 Å². The molecular weight excluding hydrogens is 418 g/mol. The zero-order valence-electron chi connectivity index (χ0n) is 12.4. The van der Waals surface area contributed by atoms with Crippen LogP contribution in [0.5, 0.6) is 0 Å². The van der Waals surface area contributed by atoms with Crippen LogP contribution in [0.3, 0.4) is 0 Å². The van der Waals surface area contributed by atoms with Crippen LogP contribution in [0.1, 0.15) is 34.6 Å². The second-order valence-corrected chi connectivity index (χ2v) is 7.36. The van der Waals surface area contributed by atoms with E-state index in [1.54, 1.807) is 0 Å². The Bertz CT molecular complexity index is 491. The average molecular weight is 440 g/mol. The van der Waals surface area contributed by atoms with Crippen LogP contribution in [-0.2, 0) is 0 Å². The Kier molecular flexibility index (Phi) is 7.90. The molecule has 106 valence electrons. The molecule has 0 amide bonds. The molecule has 0 nitrogen and oxygen atoms in total. The zero-order valence-corrected chi connectivity index (χ0v) is 16.5. The van der Waals surface area contributed by atoms with E-state index in [1.807, 2.05) is 0 Å². The van der Waals surface area contributed by atoms with Gasteiger partial charge in [0.05, 0.1) is 0 Å². The van der Waals surface area contributed by atoms with Crippen LogP contribution in [0, 0.1) is 13.8 Å². The van der Waals surface area contributed by atoms with Crippen molar-refractivity contribution in [2.24, 2.45) is 0 Å². The second kappa shape index (κ2) is 8.89. The number of halogens is 1. The van der Waals surface area contributed by atoms with E-state index in [0.717, 1.165) is 0 Å². The van der Waals surface area contributed by atoms with Gasteiger partial charge in [-0.1, -0.05) is 0 Å². The van der Waals surface area contributed by atoms with Crippen LogP contribution in [-0.4, -0.2) is 15.8 Å².